The third-order valence-corrected chi connectivity index (χ3v) is 3.41. The Morgan fingerprint density at radius 1 is 1.29 bits per heavy atom. The maximum absolute atomic E-state index is 5.96. The molecule has 0 saturated heterocycles. The quantitative estimate of drug-likeness (QED) is 0.691. The van der Waals surface area contributed by atoms with E-state index < -0.39 is 0 Å². The number of aromatic nitrogens is 4. The van der Waals surface area contributed by atoms with Crippen molar-refractivity contribution in [3.63, 3.8) is 0 Å². The summed E-state index contributed by atoms with van der Waals surface area (Å²) < 4.78 is 7.04. The summed E-state index contributed by atoms with van der Waals surface area (Å²) in [6.07, 6.45) is 1.81. The van der Waals surface area contributed by atoms with Gasteiger partial charge in [0.05, 0.1) is 11.6 Å². The second kappa shape index (κ2) is 5.69. The molecular formula is C15H15ClN4O. The smallest absolute Gasteiger partial charge is 0.158 e. The molecule has 1 unspecified atom stereocenters. The van der Waals surface area contributed by atoms with Gasteiger partial charge in [0.1, 0.15) is 17.9 Å². The molecule has 0 bridgehead atoms. The van der Waals surface area contributed by atoms with E-state index in [1.54, 1.807) is 4.68 Å². The zero-order valence-electron chi connectivity index (χ0n) is 11.8. The number of rotatable bonds is 4. The lowest BCUT2D eigenvalue weighted by Crippen LogP contribution is -1.98. The fourth-order valence-corrected chi connectivity index (χ4v) is 2.08. The van der Waals surface area contributed by atoms with Gasteiger partial charge in [-0.2, -0.15) is 0 Å². The van der Waals surface area contributed by atoms with Crippen LogP contribution in [0.4, 0.5) is 0 Å². The molecule has 3 aromatic rings. The first-order valence-electron chi connectivity index (χ1n) is 6.68. The fraction of sp³-hybridized carbons (Fsp3) is 0.267. The number of hydrogen-bond acceptors (Lipinski definition) is 4. The van der Waals surface area contributed by atoms with Crippen LogP contribution < -0.4 is 0 Å². The number of aryl methyl sites for hydroxylation is 1. The standard InChI is InChI=1S/C15H15ClN4O/c1-10-3-5-12(6-4-10)14-7-13(21-18-14)8-20-9-15(11(2)16)17-19-20/h3-7,9,11H,8H2,1-2H3. The van der Waals surface area contributed by atoms with Crippen molar-refractivity contribution in [2.24, 2.45) is 0 Å². The van der Waals surface area contributed by atoms with Gasteiger partial charge in [0.2, 0.25) is 0 Å². The van der Waals surface area contributed by atoms with E-state index in [0.717, 1.165) is 22.7 Å². The van der Waals surface area contributed by atoms with Crippen LogP contribution in [0.3, 0.4) is 0 Å². The van der Waals surface area contributed by atoms with E-state index in [-0.39, 0.29) is 5.38 Å². The SMILES string of the molecule is Cc1ccc(-c2cc(Cn3cc(C(C)Cl)nn3)on2)cc1. The molecule has 3 rings (SSSR count). The molecule has 21 heavy (non-hydrogen) atoms. The predicted octanol–water partition coefficient (Wildman–Crippen LogP) is 3.59. The average molecular weight is 303 g/mol. The zero-order valence-corrected chi connectivity index (χ0v) is 12.6. The minimum atomic E-state index is -0.156. The minimum absolute atomic E-state index is 0.156. The van der Waals surface area contributed by atoms with Crippen molar-refractivity contribution >= 4 is 11.6 Å². The van der Waals surface area contributed by atoms with E-state index in [1.807, 2.05) is 31.3 Å². The Morgan fingerprint density at radius 3 is 2.71 bits per heavy atom. The van der Waals surface area contributed by atoms with E-state index in [0.29, 0.717) is 6.54 Å². The van der Waals surface area contributed by atoms with Crippen LogP contribution in [0.5, 0.6) is 0 Å². The van der Waals surface area contributed by atoms with Gasteiger partial charge in [-0.25, -0.2) is 4.68 Å². The Balaban J connectivity index is 1.76. The van der Waals surface area contributed by atoms with Gasteiger partial charge in [0, 0.05) is 11.6 Å². The molecule has 0 aliphatic rings. The third kappa shape index (κ3) is 3.13. The molecule has 0 amide bonds. The molecule has 108 valence electrons. The van der Waals surface area contributed by atoms with E-state index >= 15 is 0 Å². The van der Waals surface area contributed by atoms with Crippen LogP contribution in [0, 0.1) is 6.92 Å². The minimum Gasteiger partial charge on any atom is -0.359 e. The Morgan fingerprint density at radius 2 is 2.05 bits per heavy atom. The van der Waals surface area contributed by atoms with Gasteiger partial charge < -0.3 is 4.52 Å². The summed E-state index contributed by atoms with van der Waals surface area (Å²) in [7, 11) is 0. The second-order valence-electron chi connectivity index (χ2n) is 5.00. The van der Waals surface area contributed by atoms with Crippen molar-refractivity contribution in [2.45, 2.75) is 25.8 Å². The van der Waals surface area contributed by atoms with Crippen LogP contribution in [-0.2, 0) is 6.54 Å². The first-order valence-corrected chi connectivity index (χ1v) is 7.12. The van der Waals surface area contributed by atoms with Crippen molar-refractivity contribution in [3.8, 4) is 11.3 Å². The van der Waals surface area contributed by atoms with Crippen molar-refractivity contribution in [1.82, 2.24) is 20.2 Å². The molecule has 0 aliphatic heterocycles. The second-order valence-corrected chi connectivity index (χ2v) is 5.66. The Bertz CT molecular complexity index is 730. The van der Waals surface area contributed by atoms with E-state index in [1.165, 1.54) is 5.56 Å². The summed E-state index contributed by atoms with van der Waals surface area (Å²) in [5, 5.41) is 12.0. The van der Waals surface area contributed by atoms with Crippen molar-refractivity contribution < 1.29 is 4.52 Å². The van der Waals surface area contributed by atoms with Gasteiger partial charge in [-0.15, -0.1) is 16.7 Å². The summed E-state index contributed by atoms with van der Waals surface area (Å²) in [5.74, 6) is 0.726. The molecule has 0 spiro atoms. The van der Waals surface area contributed by atoms with E-state index in [2.05, 4.69) is 34.5 Å². The predicted molar refractivity (Wildman–Crippen MR) is 80.1 cm³/mol. The van der Waals surface area contributed by atoms with E-state index in [4.69, 9.17) is 16.1 Å². The molecule has 0 saturated carbocycles. The number of hydrogen-bond donors (Lipinski definition) is 0. The van der Waals surface area contributed by atoms with Gasteiger partial charge in [0.25, 0.3) is 0 Å². The van der Waals surface area contributed by atoms with Gasteiger partial charge in [-0.05, 0) is 13.8 Å². The van der Waals surface area contributed by atoms with Crippen LogP contribution in [0.2, 0.25) is 0 Å². The number of halogens is 1. The Hall–Kier alpha value is -2.14. The maximum Gasteiger partial charge on any atom is 0.158 e. The topological polar surface area (TPSA) is 56.7 Å². The van der Waals surface area contributed by atoms with Crippen molar-refractivity contribution in [1.29, 1.82) is 0 Å². The first kappa shape index (κ1) is 13.8. The third-order valence-electron chi connectivity index (χ3n) is 3.19. The summed E-state index contributed by atoms with van der Waals surface area (Å²) >= 11 is 5.96. The summed E-state index contributed by atoms with van der Waals surface area (Å²) in [6, 6.07) is 10.1. The Labute approximate surface area is 127 Å². The lowest BCUT2D eigenvalue weighted by Gasteiger charge is -1.96. The number of benzene rings is 1. The normalized spacial score (nSPS) is 12.5. The zero-order chi connectivity index (χ0) is 14.8. The lowest BCUT2D eigenvalue weighted by atomic mass is 10.1. The molecular weight excluding hydrogens is 288 g/mol. The molecule has 5 nitrogen and oxygen atoms in total. The van der Waals surface area contributed by atoms with Gasteiger partial charge in [0.15, 0.2) is 5.76 Å². The summed E-state index contributed by atoms with van der Waals surface area (Å²) in [4.78, 5) is 0. The number of nitrogens with zero attached hydrogens (tertiary/aromatic N) is 4. The molecule has 2 heterocycles. The highest BCUT2D eigenvalue weighted by atomic mass is 35.5. The Kier molecular flexibility index (Phi) is 3.75. The summed E-state index contributed by atoms with van der Waals surface area (Å²) in [6.45, 7) is 4.40. The van der Waals surface area contributed by atoms with Crippen LogP contribution in [0.15, 0.2) is 41.1 Å². The van der Waals surface area contributed by atoms with Crippen molar-refractivity contribution in [2.75, 3.05) is 0 Å². The highest BCUT2D eigenvalue weighted by Gasteiger charge is 2.10. The molecule has 0 radical (unpaired) electrons. The maximum atomic E-state index is 5.96. The van der Waals surface area contributed by atoms with Gasteiger partial charge in [-0.3, -0.25) is 0 Å². The monoisotopic (exact) mass is 302 g/mol. The summed E-state index contributed by atoms with van der Waals surface area (Å²) in [5.41, 5.74) is 3.81. The van der Waals surface area contributed by atoms with Gasteiger partial charge >= 0.3 is 0 Å². The molecule has 0 N–H and O–H groups in total. The average Bonchev–Trinajstić information content (AvgIpc) is 3.10. The molecule has 0 aliphatic carbocycles. The molecule has 1 aromatic carbocycles. The molecule has 2 aromatic heterocycles. The largest absolute Gasteiger partial charge is 0.359 e. The number of alkyl halides is 1. The van der Waals surface area contributed by atoms with E-state index in [9.17, 15) is 0 Å². The van der Waals surface area contributed by atoms with Crippen LogP contribution in [0.25, 0.3) is 11.3 Å². The molecule has 1 atom stereocenters. The van der Waals surface area contributed by atoms with Crippen LogP contribution in [-0.4, -0.2) is 20.2 Å². The highest BCUT2D eigenvalue weighted by molar-refractivity contribution is 6.20. The van der Waals surface area contributed by atoms with Crippen LogP contribution >= 0.6 is 11.6 Å². The van der Waals surface area contributed by atoms with Crippen molar-refractivity contribution in [3.05, 3.63) is 53.5 Å². The first-order chi connectivity index (χ1) is 10.1. The highest BCUT2D eigenvalue weighted by Crippen LogP contribution is 2.20. The lowest BCUT2D eigenvalue weighted by molar-refractivity contribution is 0.372. The molecule has 0 fully saturated rings. The fourth-order valence-electron chi connectivity index (χ4n) is 1.98. The van der Waals surface area contributed by atoms with Gasteiger partial charge in [-0.1, -0.05) is 40.2 Å². The molecule has 6 heteroatoms. The van der Waals surface area contributed by atoms with Crippen LogP contribution in [0.1, 0.15) is 29.3 Å².